The summed E-state index contributed by atoms with van der Waals surface area (Å²) in [5.74, 6) is 3.17. The second kappa shape index (κ2) is 7.23. The molecule has 0 bridgehead atoms. The van der Waals surface area contributed by atoms with Crippen molar-refractivity contribution in [1.82, 2.24) is 4.90 Å². The number of ether oxygens (including phenoxy) is 4. The van der Waals surface area contributed by atoms with Crippen LogP contribution in [0.1, 0.15) is 22.7 Å². The lowest BCUT2D eigenvalue weighted by Crippen LogP contribution is -2.33. The lowest BCUT2D eigenvalue weighted by molar-refractivity contribution is 0.255. The molecule has 0 aromatic heterocycles. The van der Waals surface area contributed by atoms with Crippen molar-refractivity contribution < 1.29 is 18.9 Å². The smallest absolute Gasteiger partial charge is 0.161 e. The topological polar surface area (TPSA) is 40.2 Å². The van der Waals surface area contributed by atoms with E-state index < -0.39 is 0 Å². The SMILES string of the molecule is COc1ccc(OC)c([C@@H]2c3cc(OC)c(OC)cc3CCN2C)c1. The lowest BCUT2D eigenvalue weighted by Gasteiger charge is -2.36. The van der Waals surface area contributed by atoms with E-state index in [1.807, 2.05) is 18.2 Å². The maximum absolute atomic E-state index is 5.62. The molecule has 1 heterocycles. The van der Waals surface area contributed by atoms with Gasteiger partial charge in [0.1, 0.15) is 11.5 Å². The molecule has 1 aliphatic rings. The van der Waals surface area contributed by atoms with Crippen molar-refractivity contribution >= 4 is 0 Å². The number of hydrogen-bond acceptors (Lipinski definition) is 5. The first-order valence-electron chi connectivity index (χ1n) is 8.29. The highest BCUT2D eigenvalue weighted by atomic mass is 16.5. The van der Waals surface area contributed by atoms with Gasteiger partial charge in [0.15, 0.2) is 11.5 Å². The van der Waals surface area contributed by atoms with E-state index >= 15 is 0 Å². The zero-order valence-electron chi connectivity index (χ0n) is 15.5. The molecular weight excluding hydrogens is 318 g/mol. The fraction of sp³-hybridized carbons (Fsp3) is 0.400. The van der Waals surface area contributed by atoms with Crippen molar-refractivity contribution in [3.05, 3.63) is 47.0 Å². The Balaban J connectivity index is 2.18. The van der Waals surface area contributed by atoms with Crippen LogP contribution in [0.3, 0.4) is 0 Å². The molecule has 0 spiro atoms. The average molecular weight is 343 g/mol. The van der Waals surface area contributed by atoms with Crippen molar-refractivity contribution in [2.45, 2.75) is 12.5 Å². The maximum atomic E-state index is 5.62. The molecule has 0 fully saturated rings. The molecule has 0 aliphatic carbocycles. The number of hydrogen-bond donors (Lipinski definition) is 0. The zero-order chi connectivity index (χ0) is 18.0. The van der Waals surface area contributed by atoms with E-state index in [1.54, 1.807) is 28.4 Å². The Morgan fingerprint density at radius 2 is 1.48 bits per heavy atom. The largest absolute Gasteiger partial charge is 0.497 e. The highest BCUT2D eigenvalue weighted by molar-refractivity contribution is 5.54. The molecule has 2 aromatic carbocycles. The number of nitrogens with zero attached hydrogens (tertiary/aromatic N) is 1. The summed E-state index contributed by atoms with van der Waals surface area (Å²) < 4.78 is 22.0. The number of rotatable bonds is 5. The second-order valence-corrected chi connectivity index (χ2v) is 6.15. The Labute approximate surface area is 149 Å². The van der Waals surface area contributed by atoms with Gasteiger partial charge in [0, 0.05) is 12.1 Å². The van der Waals surface area contributed by atoms with Crippen LogP contribution in [0, 0.1) is 0 Å². The van der Waals surface area contributed by atoms with Crippen molar-refractivity contribution in [1.29, 1.82) is 0 Å². The minimum Gasteiger partial charge on any atom is -0.497 e. The van der Waals surface area contributed by atoms with Gasteiger partial charge in [-0.05, 0) is 54.9 Å². The van der Waals surface area contributed by atoms with Crippen LogP contribution in [-0.4, -0.2) is 46.9 Å². The van der Waals surface area contributed by atoms with Crippen LogP contribution < -0.4 is 18.9 Å². The first kappa shape index (κ1) is 17.4. The van der Waals surface area contributed by atoms with E-state index in [2.05, 4.69) is 24.1 Å². The summed E-state index contributed by atoms with van der Waals surface area (Å²) in [6.07, 6.45) is 0.967. The Kier molecular flexibility index (Phi) is 5.04. The van der Waals surface area contributed by atoms with Gasteiger partial charge in [-0.2, -0.15) is 0 Å². The standard InChI is InChI=1S/C20H25NO4/c1-21-9-8-13-10-18(24-4)19(25-5)12-15(13)20(21)16-11-14(22-2)6-7-17(16)23-3/h6-7,10-12,20H,8-9H2,1-5H3/t20-/m0/s1. The third-order valence-electron chi connectivity index (χ3n) is 4.85. The molecule has 0 amide bonds. The van der Waals surface area contributed by atoms with Gasteiger partial charge in [-0.15, -0.1) is 0 Å². The summed E-state index contributed by atoms with van der Waals surface area (Å²) in [7, 11) is 8.84. The number of methoxy groups -OCH3 is 4. The van der Waals surface area contributed by atoms with Crippen molar-refractivity contribution in [2.75, 3.05) is 42.0 Å². The molecule has 1 atom stereocenters. The Hall–Kier alpha value is -2.40. The van der Waals surface area contributed by atoms with Gasteiger partial charge in [-0.25, -0.2) is 0 Å². The van der Waals surface area contributed by atoms with E-state index in [0.717, 1.165) is 41.5 Å². The maximum Gasteiger partial charge on any atom is 0.161 e. The van der Waals surface area contributed by atoms with Gasteiger partial charge in [0.05, 0.1) is 34.5 Å². The fourth-order valence-electron chi connectivity index (χ4n) is 3.53. The zero-order valence-corrected chi connectivity index (χ0v) is 15.5. The second-order valence-electron chi connectivity index (χ2n) is 6.15. The highest BCUT2D eigenvalue weighted by Gasteiger charge is 2.30. The predicted octanol–water partition coefficient (Wildman–Crippen LogP) is 3.30. The molecule has 25 heavy (non-hydrogen) atoms. The molecular formula is C20H25NO4. The minimum atomic E-state index is 0.0635. The van der Waals surface area contributed by atoms with E-state index in [9.17, 15) is 0 Å². The molecule has 0 unspecified atom stereocenters. The summed E-state index contributed by atoms with van der Waals surface area (Å²) in [4.78, 5) is 2.32. The van der Waals surface area contributed by atoms with Crippen LogP contribution in [0.5, 0.6) is 23.0 Å². The number of fused-ring (bicyclic) bond motifs is 1. The molecule has 5 nitrogen and oxygen atoms in total. The quantitative estimate of drug-likeness (QED) is 0.833. The van der Waals surface area contributed by atoms with E-state index in [-0.39, 0.29) is 6.04 Å². The molecule has 2 aromatic rings. The summed E-state index contributed by atoms with van der Waals surface area (Å²) in [6, 6.07) is 10.1. The lowest BCUT2D eigenvalue weighted by atomic mass is 9.87. The van der Waals surface area contributed by atoms with Gasteiger partial charge < -0.3 is 18.9 Å². The first-order valence-corrected chi connectivity index (χ1v) is 8.29. The van der Waals surface area contributed by atoms with Gasteiger partial charge in [0.2, 0.25) is 0 Å². The van der Waals surface area contributed by atoms with Crippen LogP contribution >= 0.6 is 0 Å². The molecule has 0 N–H and O–H groups in total. The molecule has 1 aliphatic heterocycles. The Bertz CT molecular complexity index is 760. The predicted molar refractivity (Wildman–Crippen MR) is 97.3 cm³/mol. The highest BCUT2D eigenvalue weighted by Crippen LogP contribution is 2.43. The van der Waals surface area contributed by atoms with Gasteiger partial charge >= 0.3 is 0 Å². The molecule has 0 saturated carbocycles. The minimum absolute atomic E-state index is 0.0635. The van der Waals surface area contributed by atoms with Crippen LogP contribution in [0.15, 0.2) is 30.3 Å². The van der Waals surface area contributed by atoms with Crippen LogP contribution in [-0.2, 0) is 6.42 Å². The van der Waals surface area contributed by atoms with Crippen molar-refractivity contribution in [2.24, 2.45) is 0 Å². The van der Waals surface area contributed by atoms with E-state index in [0.29, 0.717) is 0 Å². The van der Waals surface area contributed by atoms with Crippen molar-refractivity contribution in [3.63, 3.8) is 0 Å². The number of likely N-dealkylation sites (N-methyl/N-ethyl adjacent to an activating group) is 1. The molecule has 5 heteroatoms. The van der Waals surface area contributed by atoms with Crippen molar-refractivity contribution in [3.8, 4) is 23.0 Å². The van der Waals surface area contributed by atoms with Gasteiger partial charge in [-0.3, -0.25) is 4.90 Å². The Morgan fingerprint density at radius 1 is 0.800 bits per heavy atom. The molecule has 134 valence electrons. The molecule has 0 radical (unpaired) electrons. The van der Waals surface area contributed by atoms with Gasteiger partial charge in [-0.1, -0.05) is 0 Å². The van der Waals surface area contributed by atoms with Crippen LogP contribution in [0.4, 0.5) is 0 Å². The summed E-state index contributed by atoms with van der Waals surface area (Å²) in [5, 5.41) is 0. The van der Waals surface area contributed by atoms with Crippen LogP contribution in [0.2, 0.25) is 0 Å². The fourth-order valence-corrected chi connectivity index (χ4v) is 3.53. The molecule has 3 rings (SSSR count). The third-order valence-corrected chi connectivity index (χ3v) is 4.85. The summed E-state index contributed by atoms with van der Waals surface area (Å²) in [5.41, 5.74) is 3.56. The van der Waals surface area contributed by atoms with Crippen LogP contribution in [0.25, 0.3) is 0 Å². The normalized spacial score (nSPS) is 16.9. The van der Waals surface area contributed by atoms with Gasteiger partial charge in [0.25, 0.3) is 0 Å². The summed E-state index contributed by atoms with van der Waals surface area (Å²) >= 11 is 0. The summed E-state index contributed by atoms with van der Waals surface area (Å²) in [6.45, 7) is 0.952. The van der Waals surface area contributed by atoms with E-state index in [4.69, 9.17) is 18.9 Å². The van der Waals surface area contributed by atoms with E-state index in [1.165, 1.54) is 11.1 Å². The monoisotopic (exact) mass is 343 g/mol. The third kappa shape index (κ3) is 3.12. The first-order chi connectivity index (χ1) is 12.1. The number of benzene rings is 2. The average Bonchev–Trinajstić information content (AvgIpc) is 2.66. The molecule has 0 saturated heterocycles. The Morgan fingerprint density at radius 3 is 2.12 bits per heavy atom.